The molecule has 1 unspecified atom stereocenters. The zero-order valence-electron chi connectivity index (χ0n) is 10.0. The fourth-order valence-electron chi connectivity index (χ4n) is 1.91. The van der Waals surface area contributed by atoms with Crippen LogP contribution in [0.2, 0.25) is 5.02 Å². The Balaban J connectivity index is 2.21. The van der Waals surface area contributed by atoms with Crippen molar-refractivity contribution in [3.63, 3.8) is 0 Å². The Morgan fingerprint density at radius 2 is 2.39 bits per heavy atom. The lowest BCUT2D eigenvalue weighted by Gasteiger charge is -2.30. The van der Waals surface area contributed by atoms with Crippen molar-refractivity contribution in [3.05, 3.63) is 34.3 Å². The number of nitrogens with zero attached hydrogens (tertiary/aromatic N) is 2. The maximum Gasteiger partial charge on any atom is 0.254 e. The number of halogens is 1. The van der Waals surface area contributed by atoms with Crippen LogP contribution in [0.3, 0.4) is 0 Å². The van der Waals surface area contributed by atoms with Gasteiger partial charge < -0.3 is 9.64 Å². The van der Waals surface area contributed by atoms with Gasteiger partial charge in [0.05, 0.1) is 19.2 Å². The summed E-state index contributed by atoms with van der Waals surface area (Å²) >= 11 is 5.91. The first-order valence-corrected chi connectivity index (χ1v) is 6.06. The van der Waals surface area contributed by atoms with E-state index in [1.807, 2.05) is 19.1 Å². The second-order valence-electron chi connectivity index (χ2n) is 4.20. The largest absolute Gasteiger partial charge is 0.360 e. The molecule has 1 aliphatic rings. The lowest BCUT2D eigenvalue weighted by Crippen LogP contribution is -2.45. The Morgan fingerprint density at radius 1 is 1.61 bits per heavy atom. The van der Waals surface area contributed by atoms with E-state index in [4.69, 9.17) is 21.6 Å². The number of benzene rings is 1. The molecular formula is C13H13ClN2O2. The van der Waals surface area contributed by atoms with E-state index < -0.39 is 6.10 Å². The summed E-state index contributed by atoms with van der Waals surface area (Å²) in [7, 11) is 0. The molecule has 1 aliphatic heterocycles. The maximum absolute atomic E-state index is 12.3. The molecule has 1 atom stereocenters. The van der Waals surface area contributed by atoms with Crippen molar-refractivity contribution in [3.8, 4) is 6.07 Å². The molecule has 1 heterocycles. The van der Waals surface area contributed by atoms with Crippen LogP contribution in [0.5, 0.6) is 0 Å². The summed E-state index contributed by atoms with van der Waals surface area (Å²) in [4.78, 5) is 14.0. The third-order valence-corrected chi connectivity index (χ3v) is 3.16. The van der Waals surface area contributed by atoms with Crippen LogP contribution >= 0.6 is 11.6 Å². The first kappa shape index (κ1) is 12.9. The number of aryl methyl sites for hydroxylation is 1. The Kier molecular flexibility index (Phi) is 3.85. The number of carbonyl (C=O) groups is 1. The van der Waals surface area contributed by atoms with E-state index in [-0.39, 0.29) is 5.91 Å². The smallest absolute Gasteiger partial charge is 0.254 e. The lowest BCUT2D eigenvalue weighted by molar-refractivity contribution is 0.00343. The van der Waals surface area contributed by atoms with Crippen molar-refractivity contribution < 1.29 is 9.53 Å². The van der Waals surface area contributed by atoms with Crippen LogP contribution in [0.4, 0.5) is 0 Å². The highest BCUT2D eigenvalue weighted by atomic mass is 35.5. The second kappa shape index (κ2) is 5.38. The van der Waals surface area contributed by atoms with Crippen LogP contribution in [-0.2, 0) is 4.74 Å². The molecule has 1 amide bonds. The Bertz CT molecular complexity index is 510. The van der Waals surface area contributed by atoms with E-state index in [9.17, 15) is 4.79 Å². The first-order chi connectivity index (χ1) is 8.61. The molecule has 1 fully saturated rings. The molecule has 5 heteroatoms. The molecule has 0 saturated carbocycles. The number of nitriles is 1. The van der Waals surface area contributed by atoms with Gasteiger partial charge in [0.15, 0.2) is 6.10 Å². The van der Waals surface area contributed by atoms with E-state index in [2.05, 4.69) is 0 Å². The van der Waals surface area contributed by atoms with Gasteiger partial charge in [0, 0.05) is 17.1 Å². The third kappa shape index (κ3) is 2.63. The van der Waals surface area contributed by atoms with Gasteiger partial charge in [0.2, 0.25) is 0 Å². The molecule has 0 spiro atoms. The SMILES string of the molecule is Cc1ccc(Cl)cc1C(=O)N1CCOC(C#N)C1. The zero-order valence-corrected chi connectivity index (χ0v) is 10.8. The summed E-state index contributed by atoms with van der Waals surface area (Å²) < 4.78 is 5.22. The number of rotatable bonds is 1. The van der Waals surface area contributed by atoms with Crippen LogP contribution in [0.1, 0.15) is 15.9 Å². The van der Waals surface area contributed by atoms with Gasteiger partial charge in [-0.05, 0) is 24.6 Å². The topological polar surface area (TPSA) is 53.3 Å². The standard InChI is InChI=1S/C13H13ClN2O2/c1-9-2-3-10(14)6-12(9)13(17)16-4-5-18-11(7-15)8-16/h2-3,6,11H,4-5,8H2,1H3. The minimum atomic E-state index is -0.540. The minimum Gasteiger partial charge on any atom is -0.360 e. The number of hydrogen-bond donors (Lipinski definition) is 0. The molecule has 1 aromatic rings. The predicted octanol–water partition coefficient (Wildman–Crippen LogP) is 2.01. The summed E-state index contributed by atoms with van der Waals surface area (Å²) in [5.41, 5.74) is 1.46. The molecular weight excluding hydrogens is 252 g/mol. The first-order valence-electron chi connectivity index (χ1n) is 5.68. The molecule has 0 bridgehead atoms. The number of amides is 1. The highest BCUT2D eigenvalue weighted by molar-refractivity contribution is 6.31. The van der Waals surface area contributed by atoms with Crippen molar-refractivity contribution in [1.82, 2.24) is 4.90 Å². The van der Waals surface area contributed by atoms with Crippen molar-refractivity contribution >= 4 is 17.5 Å². The van der Waals surface area contributed by atoms with Crippen LogP contribution in [-0.4, -0.2) is 36.6 Å². The summed E-state index contributed by atoms with van der Waals surface area (Å²) in [5.74, 6) is -0.0986. The normalized spacial score (nSPS) is 19.4. The van der Waals surface area contributed by atoms with Gasteiger partial charge in [-0.1, -0.05) is 17.7 Å². The van der Waals surface area contributed by atoms with E-state index in [1.165, 1.54) is 0 Å². The average molecular weight is 265 g/mol. The van der Waals surface area contributed by atoms with Crippen LogP contribution in [0.25, 0.3) is 0 Å². The Labute approximate surface area is 111 Å². The summed E-state index contributed by atoms with van der Waals surface area (Å²) in [6, 6.07) is 7.26. The van der Waals surface area contributed by atoms with Gasteiger partial charge in [0.25, 0.3) is 5.91 Å². The number of morpholine rings is 1. The average Bonchev–Trinajstić information content (AvgIpc) is 2.41. The fourth-order valence-corrected chi connectivity index (χ4v) is 2.08. The van der Waals surface area contributed by atoms with E-state index in [0.29, 0.717) is 30.3 Å². The molecule has 0 aliphatic carbocycles. The number of hydrogen-bond acceptors (Lipinski definition) is 3. The van der Waals surface area contributed by atoms with Gasteiger partial charge in [-0.2, -0.15) is 5.26 Å². The van der Waals surface area contributed by atoms with Gasteiger partial charge in [-0.3, -0.25) is 4.79 Å². The Hall–Kier alpha value is -1.57. The minimum absolute atomic E-state index is 0.0986. The van der Waals surface area contributed by atoms with Gasteiger partial charge >= 0.3 is 0 Å². The second-order valence-corrected chi connectivity index (χ2v) is 4.64. The van der Waals surface area contributed by atoms with E-state index in [0.717, 1.165) is 5.56 Å². The van der Waals surface area contributed by atoms with Crippen LogP contribution < -0.4 is 0 Å². The molecule has 0 radical (unpaired) electrons. The molecule has 4 nitrogen and oxygen atoms in total. The van der Waals surface area contributed by atoms with E-state index >= 15 is 0 Å². The zero-order chi connectivity index (χ0) is 13.1. The van der Waals surface area contributed by atoms with Gasteiger partial charge in [-0.25, -0.2) is 0 Å². The van der Waals surface area contributed by atoms with Gasteiger partial charge in [0.1, 0.15) is 0 Å². The molecule has 0 aromatic heterocycles. The fraction of sp³-hybridized carbons (Fsp3) is 0.385. The molecule has 1 saturated heterocycles. The highest BCUT2D eigenvalue weighted by Gasteiger charge is 2.25. The lowest BCUT2D eigenvalue weighted by atomic mass is 10.1. The number of carbonyl (C=O) groups excluding carboxylic acids is 1. The molecule has 1 aromatic carbocycles. The molecule has 18 heavy (non-hydrogen) atoms. The van der Waals surface area contributed by atoms with Crippen molar-refractivity contribution in [2.24, 2.45) is 0 Å². The van der Waals surface area contributed by atoms with Crippen LogP contribution in [0.15, 0.2) is 18.2 Å². The van der Waals surface area contributed by atoms with Gasteiger partial charge in [-0.15, -0.1) is 0 Å². The molecule has 94 valence electrons. The summed E-state index contributed by atoms with van der Waals surface area (Å²) in [6.07, 6.45) is -0.540. The summed E-state index contributed by atoms with van der Waals surface area (Å²) in [6.45, 7) is 3.07. The monoisotopic (exact) mass is 264 g/mol. The van der Waals surface area contributed by atoms with Crippen molar-refractivity contribution in [2.45, 2.75) is 13.0 Å². The quantitative estimate of drug-likeness (QED) is 0.780. The van der Waals surface area contributed by atoms with Crippen molar-refractivity contribution in [1.29, 1.82) is 5.26 Å². The van der Waals surface area contributed by atoms with Crippen molar-refractivity contribution in [2.75, 3.05) is 19.7 Å². The highest BCUT2D eigenvalue weighted by Crippen LogP contribution is 2.18. The number of ether oxygens (including phenoxy) is 1. The Morgan fingerprint density at radius 3 is 3.11 bits per heavy atom. The molecule has 2 rings (SSSR count). The maximum atomic E-state index is 12.3. The third-order valence-electron chi connectivity index (χ3n) is 2.93. The summed E-state index contributed by atoms with van der Waals surface area (Å²) in [5, 5.41) is 9.36. The predicted molar refractivity (Wildman–Crippen MR) is 67.4 cm³/mol. The molecule has 0 N–H and O–H groups in total. The van der Waals surface area contributed by atoms with E-state index in [1.54, 1.807) is 17.0 Å². The van der Waals surface area contributed by atoms with Crippen LogP contribution in [0, 0.1) is 18.3 Å².